The minimum atomic E-state index is -4.56. The van der Waals surface area contributed by atoms with E-state index in [0.29, 0.717) is 19.4 Å². The van der Waals surface area contributed by atoms with Crippen LogP contribution in [0.2, 0.25) is 0 Å². The van der Waals surface area contributed by atoms with Gasteiger partial charge in [-0.3, -0.25) is 9.69 Å². The summed E-state index contributed by atoms with van der Waals surface area (Å²) in [4.78, 5) is 33.2. The Balaban J connectivity index is 0.00000353. The van der Waals surface area contributed by atoms with Crippen LogP contribution in [-0.4, -0.2) is 67.3 Å². The molecule has 2 aromatic rings. The zero-order valence-electron chi connectivity index (χ0n) is 21.6. The molecule has 0 unspecified atom stereocenters. The molecule has 39 heavy (non-hydrogen) atoms. The van der Waals surface area contributed by atoms with Crippen LogP contribution >= 0.6 is 13.5 Å². The zero-order valence-corrected chi connectivity index (χ0v) is 22.6. The maximum atomic E-state index is 13.2. The van der Waals surface area contributed by atoms with Crippen LogP contribution in [0.25, 0.3) is 0 Å². The molecule has 1 aliphatic carbocycles. The summed E-state index contributed by atoms with van der Waals surface area (Å²) in [6, 6.07) is 8.75. The van der Waals surface area contributed by atoms with Crippen molar-refractivity contribution in [2.45, 2.75) is 49.7 Å². The topological polar surface area (TPSA) is 86.8 Å². The maximum Gasteiger partial charge on any atom is 0.433 e. The highest BCUT2D eigenvalue weighted by atomic mass is 32.1. The minimum Gasteiger partial charge on any atom is -0.379 e. The van der Waals surface area contributed by atoms with Crippen LogP contribution in [0.3, 0.4) is 0 Å². The maximum absolute atomic E-state index is 13.2. The van der Waals surface area contributed by atoms with Gasteiger partial charge in [-0.1, -0.05) is 18.6 Å². The Morgan fingerprint density at radius 2 is 1.77 bits per heavy atom. The lowest BCUT2D eigenvalue weighted by atomic mass is 9.64. The van der Waals surface area contributed by atoms with Crippen molar-refractivity contribution in [2.75, 3.05) is 49.6 Å². The predicted molar refractivity (Wildman–Crippen MR) is 146 cm³/mol. The Hall–Kier alpha value is -2.83. The van der Waals surface area contributed by atoms with Crippen LogP contribution in [0.15, 0.2) is 42.6 Å². The van der Waals surface area contributed by atoms with Crippen LogP contribution in [0, 0.1) is 0 Å². The Morgan fingerprint density at radius 1 is 1.05 bits per heavy atom. The molecule has 2 N–H and O–H groups in total. The molecule has 8 nitrogen and oxygen atoms in total. The molecule has 3 aliphatic rings. The first-order chi connectivity index (χ1) is 18.2. The third-order valence-corrected chi connectivity index (χ3v) is 7.79. The van der Waals surface area contributed by atoms with Crippen molar-refractivity contribution >= 4 is 36.8 Å². The van der Waals surface area contributed by atoms with Gasteiger partial charge in [0.05, 0.1) is 25.1 Å². The standard InChI is InChI=1S/C27H32F3N5O3.H2S/c28-27(29,30)23-9-6-20(17-31-23)32-25(37)33-22-3-1-12-35(24(22)36)21-7-4-19(5-8-21)26(10-2-11-26)18-34-13-15-38-16-14-34;/h4-9,17,22H,1-3,10-16,18H2,(H2,32,33,37);1H2/t22-;/m0./s1. The SMILES string of the molecule is O=C(Nc1ccc(C(F)(F)F)nc1)N[C@H]1CCCN(c2ccc(C3(CN4CCOCC4)CCC3)cc2)C1=O.S. The molecule has 0 spiro atoms. The highest BCUT2D eigenvalue weighted by Gasteiger charge is 2.40. The number of pyridine rings is 1. The number of carbonyl (C=O) groups excluding carboxylic acids is 2. The largest absolute Gasteiger partial charge is 0.433 e. The molecule has 1 atom stereocenters. The third kappa shape index (κ3) is 6.67. The number of halogens is 3. The molecule has 2 aliphatic heterocycles. The van der Waals surface area contributed by atoms with Crippen LogP contribution in [0.1, 0.15) is 43.4 Å². The summed E-state index contributed by atoms with van der Waals surface area (Å²) < 4.78 is 43.6. The highest BCUT2D eigenvalue weighted by molar-refractivity contribution is 7.59. The molecule has 12 heteroatoms. The number of hydrogen-bond donors (Lipinski definition) is 2. The van der Waals surface area contributed by atoms with E-state index in [-0.39, 0.29) is 30.5 Å². The van der Waals surface area contributed by atoms with E-state index in [9.17, 15) is 22.8 Å². The first-order valence-corrected chi connectivity index (χ1v) is 13.1. The molecule has 1 saturated carbocycles. The number of carbonyl (C=O) groups is 2. The molecular formula is C27H34F3N5O3S. The second kappa shape index (κ2) is 12.1. The molecule has 2 saturated heterocycles. The van der Waals surface area contributed by atoms with Crippen molar-refractivity contribution in [1.29, 1.82) is 0 Å². The van der Waals surface area contributed by atoms with Gasteiger partial charge in [-0.05, 0) is 55.5 Å². The molecule has 1 aromatic carbocycles. The summed E-state index contributed by atoms with van der Waals surface area (Å²) in [5.41, 5.74) is 1.29. The molecule has 3 fully saturated rings. The Morgan fingerprint density at radius 3 is 2.36 bits per heavy atom. The van der Waals surface area contributed by atoms with Gasteiger partial charge in [-0.25, -0.2) is 9.78 Å². The summed E-state index contributed by atoms with van der Waals surface area (Å²) in [6.07, 6.45) is 1.10. The van der Waals surface area contributed by atoms with Crippen LogP contribution in [0.4, 0.5) is 29.3 Å². The average molecular weight is 566 g/mol. The van der Waals surface area contributed by atoms with Crippen LogP contribution < -0.4 is 15.5 Å². The molecule has 5 rings (SSSR count). The van der Waals surface area contributed by atoms with Gasteiger partial charge in [0, 0.05) is 37.3 Å². The average Bonchev–Trinajstić information content (AvgIpc) is 2.88. The quantitative estimate of drug-likeness (QED) is 0.546. The number of benzene rings is 1. The highest BCUT2D eigenvalue weighted by Crippen LogP contribution is 2.45. The molecule has 3 heterocycles. The number of nitrogens with one attached hydrogen (secondary N) is 2. The Bertz CT molecular complexity index is 1140. The number of urea groups is 1. The summed E-state index contributed by atoms with van der Waals surface area (Å²) in [6.45, 7) is 5.05. The monoisotopic (exact) mass is 565 g/mol. The first-order valence-electron chi connectivity index (χ1n) is 13.1. The van der Waals surface area contributed by atoms with Crippen molar-refractivity contribution < 1.29 is 27.5 Å². The molecule has 0 bridgehead atoms. The van der Waals surface area contributed by atoms with Gasteiger partial charge in [0.1, 0.15) is 11.7 Å². The zero-order chi connectivity index (χ0) is 26.8. The smallest absolute Gasteiger partial charge is 0.379 e. The van der Waals surface area contributed by atoms with Gasteiger partial charge >= 0.3 is 12.2 Å². The van der Waals surface area contributed by atoms with E-state index >= 15 is 0 Å². The normalized spacial score (nSPS) is 21.5. The van der Waals surface area contributed by atoms with Crippen molar-refractivity contribution in [3.63, 3.8) is 0 Å². The second-order valence-corrected chi connectivity index (χ2v) is 10.3. The molecule has 0 radical (unpaired) electrons. The van der Waals surface area contributed by atoms with Crippen LogP contribution in [0.5, 0.6) is 0 Å². The van der Waals surface area contributed by atoms with Crippen molar-refractivity contribution in [3.8, 4) is 0 Å². The Labute approximate surface area is 232 Å². The lowest BCUT2D eigenvalue weighted by Crippen LogP contribution is -2.53. The molecule has 1 aromatic heterocycles. The van der Waals surface area contributed by atoms with E-state index in [4.69, 9.17) is 4.74 Å². The fraction of sp³-hybridized carbons (Fsp3) is 0.519. The number of hydrogen-bond acceptors (Lipinski definition) is 5. The number of anilines is 2. The number of rotatable bonds is 6. The third-order valence-electron chi connectivity index (χ3n) is 7.79. The second-order valence-electron chi connectivity index (χ2n) is 10.3. The summed E-state index contributed by atoms with van der Waals surface area (Å²) in [7, 11) is 0. The number of aromatic nitrogens is 1. The van der Waals surface area contributed by atoms with Gasteiger partial charge < -0.3 is 20.3 Å². The predicted octanol–water partition coefficient (Wildman–Crippen LogP) is 4.28. The van der Waals surface area contributed by atoms with E-state index in [2.05, 4.69) is 32.7 Å². The summed E-state index contributed by atoms with van der Waals surface area (Å²) >= 11 is 0. The lowest BCUT2D eigenvalue weighted by Gasteiger charge is -2.46. The number of alkyl halides is 3. The molecular weight excluding hydrogens is 531 g/mol. The number of ether oxygens (including phenoxy) is 1. The van der Waals surface area contributed by atoms with Gasteiger partial charge in [-0.2, -0.15) is 26.7 Å². The van der Waals surface area contributed by atoms with Gasteiger partial charge in [0.25, 0.3) is 0 Å². The first kappa shape index (κ1) is 29.2. The van der Waals surface area contributed by atoms with E-state index in [1.54, 1.807) is 4.90 Å². The van der Waals surface area contributed by atoms with Gasteiger partial charge in [0.2, 0.25) is 5.91 Å². The van der Waals surface area contributed by atoms with Crippen molar-refractivity contribution in [3.05, 3.63) is 53.9 Å². The number of amides is 3. The fourth-order valence-corrected chi connectivity index (χ4v) is 5.55. The van der Waals surface area contributed by atoms with E-state index in [0.717, 1.165) is 69.7 Å². The lowest BCUT2D eigenvalue weighted by molar-refractivity contribution is -0.141. The van der Waals surface area contributed by atoms with E-state index < -0.39 is 23.9 Å². The summed E-state index contributed by atoms with van der Waals surface area (Å²) in [5, 5.41) is 5.11. The van der Waals surface area contributed by atoms with E-state index in [1.807, 2.05) is 12.1 Å². The number of piperidine rings is 1. The summed E-state index contributed by atoms with van der Waals surface area (Å²) in [5.74, 6) is -0.212. The molecule has 3 amide bonds. The van der Waals surface area contributed by atoms with Crippen LogP contribution in [-0.2, 0) is 21.1 Å². The fourth-order valence-electron chi connectivity index (χ4n) is 5.55. The number of nitrogens with zero attached hydrogens (tertiary/aromatic N) is 3. The minimum absolute atomic E-state index is 0. The van der Waals surface area contributed by atoms with Crippen molar-refractivity contribution in [2.24, 2.45) is 0 Å². The van der Waals surface area contributed by atoms with Crippen molar-refractivity contribution in [1.82, 2.24) is 15.2 Å². The van der Waals surface area contributed by atoms with Gasteiger partial charge in [-0.15, -0.1) is 0 Å². The van der Waals surface area contributed by atoms with E-state index in [1.165, 1.54) is 12.0 Å². The molecule has 212 valence electrons. The van der Waals surface area contributed by atoms with Gasteiger partial charge in [0.15, 0.2) is 0 Å². The Kier molecular flexibility index (Phi) is 9.07. The number of morpholine rings is 1.